The van der Waals surface area contributed by atoms with Gasteiger partial charge in [0.05, 0.1) is 6.20 Å². The van der Waals surface area contributed by atoms with E-state index in [1.807, 2.05) is 96.3 Å². The lowest BCUT2D eigenvalue weighted by molar-refractivity contribution is -0.696. The molecule has 0 atom stereocenters. The number of oxazole rings is 1. The van der Waals surface area contributed by atoms with Crippen LogP contribution in [0.5, 0.6) is 5.75 Å². The third-order valence-corrected chi connectivity index (χ3v) is 4.70. The Morgan fingerprint density at radius 2 is 1.37 bits per heavy atom. The maximum Gasteiger partial charge on any atom is 0.236 e. The van der Waals surface area contributed by atoms with Crippen molar-refractivity contribution in [3.63, 3.8) is 0 Å². The minimum absolute atomic E-state index is 0. The highest BCUT2D eigenvalue weighted by Crippen LogP contribution is 2.35. The molecule has 0 fully saturated rings. The van der Waals surface area contributed by atoms with Crippen LogP contribution >= 0.6 is 0 Å². The van der Waals surface area contributed by atoms with Crippen LogP contribution in [0.25, 0.3) is 0 Å². The van der Waals surface area contributed by atoms with Crippen LogP contribution in [-0.4, -0.2) is 16.8 Å². The van der Waals surface area contributed by atoms with E-state index < -0.39 is 5.60 Å². The number of para-hydroxylation sites is 1. The van der Waals surface area contributed by atoms with Crippen molar-refractivity contribution < 1.29 is 36.6 Å². The molecule has 1 heterocycles. The van der Waals surface area contributed by atoms with Gasteiger partial charge in [-0.05, 0) is 23.3 Å². The van der Waals surface area contributed by atoms with Crippen LogP contribution in [0, 0.1) is 0 Å². The average Bonchev–Trinajstić information content (AvgIpc) is 3.27. The lowest BCUT2D eigenvalue weighted by Crippen LogP contribution is -3.00. The molecule has 0 saturated heterocycles. The summed E-state index contributed by atoms with van der Waals surface area (Å²) in [5, 5.41) is 13.6. The quantitative estimate of drug-likeness (QED) is 0.284. The molecule has 0 aliphatic rings. The van der Waals surface area contributed by atoms with Gasteiger partial charge < -0.3 is 36.6 Å². The highest BCUT2D eigenvalue weighted by molar-refractivity contribution is 5.41. The molecule has 4 aromatic rings. The molecule has 4 rings (SSSR count). The summed E-state index contributed by atoms with van der Waals surface area (Å²) in [4.78, 5) is 4.40. The van der Waals surface area contributed by atoms with Crippen LogP contribution in [-0.2, 0) is 12.1 Å². The van der Waals surface area contributed by atoms with E-state index in [0.29, 0.717) is 30.2 Å². The number of hydrogen-bond donors (Lipinski definition) is 2. The Kier molecular flexibility index (Phi) is 7.41. The van der Waals surface area contributed by atoms with Crippen molar-refractivity contribution in [1.82, 2.24) is 4.98 Å². The summed E-state index contributed by atoms with van der Waals surface area (Å²) in [6.07, 6.45) is 1.66. The third kappa shape index (κ3) is 4.79. The molecular weight excluding hydrogens is 444 g/mol. The molecule has 0 aliphatic heterocycles. The average molecular weight is 467 g/mol. The summed E-state index contributed by atoms with van der Waals surface area (Å²) in [5.41, 5.74) is -0.0478. The Morgan fingerprint density at radius 1 is 0.833 bits per heavy atom. The van der Waals surface area contributed by atoms with Gasteiger partial charge in [0, 0.05) is 0 Å². The number of quaternary nitrogens is 1. The molecule has 3 aromatic carbocycles. The van der Waals surface area contributed by atoms with Gasteiger partial charge in [0.1, 0.15) is 12.3 Å². The number of nitrogens with zero attached hydrogens (tertiary/aromatic N) is 1. The van der Waals surface area contributed by atoms with Crippen molar-refractivity contribution in [3.8, 4) is 5.75 Å². The molecule has 5 nitrogen and oxygen atoms in total. The molecule has 3 N–H and O–H groups in total. The predicted octanol–water partition coefficient (Wildman–Crippen LogP) is 0.0627. The largest absolute Gasteiger partial charge is 1.00 e. The van der Waals surface area contributed by atoms with Gasteiger partial charge in [-0.25, -0.2) is 4.98 Å². The molecule has 154 valence electrons. The fraction of sp³-hybridized carbons (Fsp3) is 0.125. The molecule has 0 unspecified atom stereocenters. The minimum Gasteiger partial charge on any atom is -1.00 e. The van der Waals surface area contributed by atoms with E-state index in [1.54, 1.807) is 6.20 Å². The topological polar surface area (TPSA) is 72.1 Å². The summed E-state index contributed by atoms with van der Waals surface area (Å²) >= 11 is 0. The maximum atomic E-state index is 11.7. The first-order valence-corrected chi connectivity index (χ1v) is 9.55. The van der Waals surface area contributed by atoms with Gasteiger partial charge >= 0.3 is 0 Å². The van der Waals surface area contributed by atoms with Crippen LogP contribution in [0.1, 0.15) is 22.8 Å². The third-order valence-electron chi connectivity index (χ3n) is 4.70. The second-order valence-electron chi connectivity index (χ2n) is 6.69. The zero-order valence-corrected chi connectivity index (χ0v) is 17.9. The fourth-order valence-corrected chi connectivity index (χ4v) is 3.21. The summed E-state index contributed by atoms with van der Waals surface area (Å²) in [6, 6.07) is 28.5. The van der Waals surface area contributed by atoms with E-state index in [4.69, 9.17) is 9.15 Å². The predicted molar refractivity (Wildman–Crippen MR) is 109 cm³/mol. The van der Waals surface area contributed by atoms with E-state index in [0.717, 1.165) is 5.75 Å². The van der Waals surface area contributed by atoms with E-state index in [1.165, 1.54) is 0 Å². The van der Waals surface area contributed by atoms with Crippen molar-refractivity contribution >= 4 is 0 Å². The van der Waals surface area contributed by atoms with Gasteiger partial charge in [-0.1, -0.05) is 78.9 Å². The Morgan fingerprint density at radius 3 is 1.93 bits per heavy atom. The lowest BCUT2D eigenvalue weighted by Gasteiger charge is -2.26. The number of hydrogen-bond acceptors (Lipinski definition) is 4. The molecule has 0 amide bonds. The molecule has 6 heteroatoms. The second-order valence-corrected chi connectivity index (χ2v) is 6.69. The summed E-state index contributed by atoms with van der Waals surface area (Å²) in [6.45, 7) is 1.02. The molecule has 0 bridgehead atoms. The number of halogens is 1. The molecular formula is C24H23BrN2O3. The number of ether oxygens (including phenoxy) is 1. The monoisotopic (exact) mass is 466 g/mol. The fourth-order valence-electron chi connectivity index (χ4n) is 3.21. The van der Waals surface area contributed by atoms with Crippen molar-refractivity contribution in [2.45, 2.75) is 12.1 Å². The Bertz CT molecular complexity index is 985. The van der Waals surface area contributed by atoms with E-state index in [2.05, 4.69) is 4.98 Å². The van der Waals surface area contributed by atoms with Gasteiger partial charge in [0.2, 0.25) is 12.6 Å². The number of aromatic nitrogens is 1. The normalized spacial score (nSPS) is 11.0. The van der Waals surface area contributed by atoms with Crippen molar-refractivity contribution in [2.24, 2.45) is 0 Å². The summed E-state index contributed by atoms with van der Waals surface area (Å²) < 4.78 is 11.6. The number of nitrogens with two attached hydrogens (primary N) is 1. The standard InChI is InChI=1S/C24H22N2O3.BrH/c27-24(19-10-4-1-5-11-19,20-12-6-2-7-13-20)23-26-17-22(29-23)16-25-18-28-21-14-8-3-9-15-21;/h1-15,17,25,27H,16,18H2;1H. The number of benzene rings is 3. The summed E-state index contributed by atoms with van der Waals surface area (Å²) in [5.74, 6) is 1.74. The number of aliphatic hydroxyl groups is 1. The highest BCUT2D eigenvalue weighted by Gasteiger charge is 2.38. The van der Waals surface area contributed by atoms with Crippen LogP contribution in [0.3, 0.4) is 0 Å². The first kappa shape index (κ1) is 21.8. The first-order valence-electron chi connectivity index (χ1n) is 9.55. The molecule has 0 radical (unpaired) electrons. The molecule has 0 saturated carbocycles. The molecule has 0 spiro atoms. The second kappa shape index (κ2) is 10.2. The van der Waals surface area contributed by atoms with Crippen molar-refractivity contribution in [2.75, 3.05) is 6.73 Å². The lowest BCUT2D eigenvalue weighted by atomic mass is 9.86. The zero-order valence-electron chi connectivity index (χ0n) is 16.3. The molecule has 0 aliphatic carbocycles. The zero-order chi connectivity index (χ0) is 19.9. The van der Waals surface area contributed by atoms with E-state index >= 15 is 0 Å². The van der Waals surface area contributed by atoms with Crippen LogP contribution in [0.2, 0.25) is 0 Å². The van der Waals surface area contributed by atoms with Gasteiger partial charge in [0.25, 0.3) is 0 Å². The minimum atomic E-state index is -1.46. The smallest absolute Gasteiger partial charge is 0.236 e. The summed E-state index contributed by atoms with van der Waals surface area (Å²) in [7, 11) is 0. The van der Waals surface area contributed by atoms with Crippen LogP contribution in [0.4, 0.5) is 0 Å². The van der Waals surface area contributed by atoms with Crippen molar-refractivity contribution in [3.05, 3.63) is 120 Å². The first-order chi connectivity index (χ1) is 14.3. The maximum absolute atomic E-state index is 11.7. The van der Waals surface area contributed by atoms with Gasteiger partial charge in [0.15, 0.2) is 11.4 Å². The Labute approximate surface area is 186 Å². The Balaban J connectivity index is 0.00000256. The van der Waals surface area contributed by atoms with E-state index in [-0.39, 0.29) is 22.9 Å². The number of rotatable bonds is 8. The van der Waals surface area contributed by atoms with Crippen LogP contribution in [0.15, 0.2) is 102 Å². The molecule has 30 heavy (non-hydrogen) atoms. The Hall–Kier alpha value is -2.93. The van der Waals surface area contributed by atoms with Gasteiger partial charge in [-0.15, -0.1) is 0 Å². The SMILES string of the molecule is OC(c1ccccc1)(c1ccccc1)c1ncc(C[NH2+]COc2ccccc2)o1.[Br-]. The molecule has 1 aromatic heterocycles. The van der Waals surface area contributed by atoms with E-state index in [9.17, 15) is 5.11 Å². The van der Waals surface area contributed by atoms with Gasteiger partial charge in [-0.2, -0.15) is 0 Å². The van der Waals surface area contributed by atoms with Crippen molar-refractivity contribution in [1.29, 1.82) is 0 Å². The highest BCUT2D eigenvalue weighted by atomic mass is 79.9. The van der Waals surface area contributed by atoms with Gasteiger partial charge in [-0.3, -0.25) is 0 Å². The van der Waals surface area contributed by atoms with Crippen LogP contribution < -0.4 is 27.0 Å².